The Labute approximate surface area is 180 Å². The van der Waals surface area contributed by atoms with Gasteiger partial charge in [0.25, 0.3) is 0 Å². The smallest absolute Gasteiger partial charge is 0.131 e. The molecule has 2 aromatic carbocycles. The van der Waals surface area contributed by atoms with Gasteiger partial charge in [0.05, 0.1) is 0 Å². The van der Waals surface area contributed by atoms with Crippen LogP contribution in [0.15, 0.2) is 48.0 Å². The third-order valence-corrected chi connectivity index (χ3v) is 7.28. The predicted octanol–water partition coefficient (Wildman–Crippen LogP) is 8.43. The van der Waals surface area contributed by atoms with E-state index in [-0.39, 0.29) is 11.6 Å². The van der Waals surface area contributed by atoms with Gasteiger partial charge in [0.1, 0.15) is 11.6 Å². The summed E-state index contributed by atoms with van der Waals surface area (Å²) in [7, 11) is 0. The van der Waals surface area contributed by atoms with Crippen molar-refractivity contribution in [1.29, 1.82) is 0 Å². The van der Waals surface area contributed by atoms with Gasteiger partial charge in [-0.25, -0.2) is 8.78 Å². The zero-order chi connectivity index (χ0) is 20.9. The Morgan fingerprint density at radius 3 is 2.27 bits per heavy atom. The van der Waals surface area contributed by atoms with Gasteiger partial charge in [-0.3, -0.25) is 0 Å². The molecule has 0 bridgehead atoms. The number of fused-ring (bicyclic) bond motifs is 1. The molecular weight excluding hydrogens is 374 g/mol. The molecule has 0 nitrogen and oxygen atoms in total. The summed E-state index contributed by atoms with van der Waals surface area (Å²) >= 11 is 0. The van der Waals surface area contributed by atoms with E-state index in [2.05, 4.69) is 13.0 Å². The van der Waals surface area contributed by atoms with Gasteiger partial charge in [-0.2, -0.15) is 0 Å². The van der Waals surface area contributed by atoms with Gasteiger partial charge < -0.3 is 0 Å². The standard InChI is InChI=1S/C28H34F2/c1-2-3-4-20-5-7-21(8-6-20)9-10-22-11-12-24-18-27(28(30)19-25(24)17-22)23-13-15-26(29)16-14-23/h11,13-16,18-21H,2-10,12,17H2,1H3. The number of hydrogen-bond acceptors (Lipinski definition) is 0. The third-order valence-electron chi connectivity index (χ3n) is 7.28. The maximum absolute atomic E-state index is 14.8. The van der Waals surface area contributed by atoms with Gasteiger partial charge in [0.15, 0.2) is 0 Å². The van der Waals surface area contributed by atoms with Gasteiger partial charge in [-0.15, -0.1) is 0 Å². The summed E-state index contributed by atoms with van der Waals surface area (Å²) in [5.41, 5.74) is 5.12. The van der Waals surface area contributed by atoms with Gasteiger partial charge in [-0.05, 0) is 78.5 Å². The van der Waals surface area contributed by atoms with Crippen LogP contribution >= 0.6 is 0 Å². The SMILES string of the molecule is CCCCC1CCC(CCC2=CCc3cc(-c4ccc(F)cc4)c(F)cc3C2)CC1. The second-order valence-electron chi connectivity index (χ2n) is 9.42. The molecule has 0 spiro atoms. The van der Waals surface area contributed by atoms with Crippen molar-refractivity contribution in [2.24, 2.45) is 11.8 Å². The van der Waals surface area contributed by atoms with E-state index in [1.807, 2.05) is 6.07 Å². The lowest BCUT2D eigenvalue weighted by molar-refractivity contribution is 0.249. The molecule has 0 unspecified atom stereocenters. The maximum atomic E-state index is 14.8. The molecule has 0 amide bonds. The highest BCUT2D eigenvalue weighted by atomic mass is 19.1. The Morgan fingerprint density at radius 2 is 1.57 bits per heavy atom. The Bertz CT molecular complexity index is 870. The predicted molar refractivity (Wildman–Crippen MR) is 121 cm³/mol. The first-order valence-electron chi connectivity index (χ1n) is 11.9. The summed E-state index contributed by atoms with van der Waals surface area (Å²) in [6, 6.07) is 9.76. The van der Waals surface area contributed by atoms with Crippen molar-refractivity contribution >= 4 is 0 Å². The van der Waals surface area contributed by atoms with Crippen molar-refractivity contribution < 1.29 is 8.78 Å². The van der Waals surface area contributed by atoms with E-state index >= 15 is 0 Å². The molecule has 0 radical (unpaired) electrons. The van der Waals surface area contributed by atoms with E-state index < -0.39 is 0 Å². The van der Waals surface area contributed by atoms with Gasteiger partial charge in [0, 0.05) is 5.56 Å². The van der Waals surface area contributed by atoms with Crippen molar-refractivity contribution in [3.63, 3.8) is 0 Å². The van der Waals surface area contributed by atoms with Crippen molar-refractivity contribution in [2.45, 2.75) is 77.6 Å². The first-order valence-corrected chi connectivity index (χ1v) is 11.9. The van der Waals surface area contributed by atoms with Crippen LogP contribution in [0.4, 0.5) is 8.78 Å². The molecule has 4 rings (SSSR count). The van der Waals surface area contributed by atoms with E-state index in [4.69, 9.17) is 0 Å². The van der Waals surface area contributed by atoms with Crippen molar-refractivity contribution in [2.75, 3.05) is 0 Å². The largest absolute Gasteiger partial charge is 0.207 e. The molecule has 0 N–H and O–H groups in total. The molecule has 2 aliphatic carbocycles. The molecule has 2 aromatic rings. The Kier molecular flexibility index (Phi) is 7.02. The molecule has 30 heavy (non-hydrogen) atoms. The first-order chi connectivity index (χ1) is 14.6. The number of allylic oxidation sites excluding steroid dienone is 2. The number of benzene rings is 2. The normalized spacial score (nSPS) is 21.2. The van der Waals surface area contributed by atoms with E-state index in [0.717, 1.165) is 42.2 Å². The van der Waals surface area contributed by atoms with Crippen LogP contribution in [0, 0.1) is 23.5 Å². The maximum Gasteiger partial charge on any atom is 0.131 e. The second-order valence-corrected chi connectivity index (χ2v) is 9.42. The minimum Gasteiger partial charge on any atom is -0.207 e. The van der Waals surface area contributed by atoms with Gasteiger partial charge in [0.2, 0.25) is 0 Å². The highest BCUT2D eigenvalue weighted by molar-refractivity contribution is 5.66. The first kappa shape index (κ1) is 21.3. The molecule has 0 saturated heterocycles. The summed E-state index contributed by atoms with van der Waals surface area (Å²) < 4.78 is 28.0. The summed E-state index contributed by atoms with van der Waals surface area (Å²) in [6.07, 6.45) is 16.3. The van der Waals surface area contributed by atoms with Gasteiger partial charge >= 0.3 is 0 Å². The zero-order valence-corrected chi connectivity index (χ0v) is 18.2. The van der Waals surface area contributed by atoms with Gasteiger partial charge in [-0.1, -0.05) is 75.7 Å². The summed E-state index contributed by atoms with van der Waals surface area (Å²) in [5.74, 6) is 1.36. The minimum atomic E-state index is -0.292. The fraction of sp³-hybridized carbons (Fsp3) is 0.500. The Hall–Kier alpha value is -1.96. The lowest BCUT2D eigenvalue weighted by Gasteiger charge is -2.29. The molecule has 160 valence electrons. The molecule has 2 aliphatic rings. The number of halogens is 2. The van der Waals surface area contributed by atoms with Crippen molar-refractivity contribution in [3.05, 3.63) is 70.8 Å². The molecule has 0 heterocycles. The average molecular weight is 409 g/mol. The fourth-order valence-corrected chi connectivity index (χ4v) is 5.32. The zero-order valence-electron chi connectivity index (χ0n) is 18.2. The Morgan fingerprint density at radius 1 is 0.867 bits per heavy atom. The number of hydrogen-bond donors (Lipinski definition) is 0. The third kappa shape index (κ3) is 5.20. The van der Waals surface area contributed by atoms with Crippen LogP contribution in [0.25, 0.3) is 11.1 Å². The highest BCUT2D eigenvalue weighted by Gasteiger charge is 2.22. The lowest BCUT2D eigenvalue weighted by Crippen LogP contribution is -2.15. The molecule has 1 fully saturated rings. The quantitative estimate of drug-likeness (QED) is 0.403. The van der Waals surface area contributed by atoms with E-state index in [9.17, 15) is 8.78 Å². The van der Waals surface area contributed by atoms with Crippen LogP contribution in [0.2, 0.25) is 0 Å². The molecule has 0 aliphatic heterocycles. The van der Waals surface area contributed by atoms with E-state index in [1.165, 1.54) is 74.6 Å². The summed E-state index contributed by atoms with van der Waals surface area (Å²) in [5, 5.41) is 0. The van der Waals surface area contributed by atoms with E-state index in [0.29, 0.717) is 5.56 Å². The van der Waals surface area contributed by atoms with Crippen molar-refractivity contribution in [1.82, 2.24) is 0 Å². The molecule has 0 atom stereocenters. The number of rotatable bonds is 7. The number of unbranched alkanes of at least 4 members (excludes halogenated alkanes) is 1. The van der Waals surface area contributed by atoms with Crippen LogP contribution in [0.5, 0.6) is 0 Å². The van der Waals surface area contributed by atoms with Crippen LogP contribution in [-0.2, 0) is 12.8 Å². The topological polar surface area (TPSA) is 0 Å². The average Bonchev–Trinajstić information content (AvgIpc) is 2.77. The van der Waals surface area contributed by atoms with Crippen LogP contribution < -0.4 is 0 Å². The lowest BCUT2D eigenvalue weighted by atomic mass is 9.77. The monoisotopic (exact) mass is 408 g/mol. The molecule has 1 saturated carbocycles. The van der Waals surface area contributed by atoms with Crippen molar-refractivity contribution in [3.8, 4) is 11.1 Å². The minimum absolute atomic E-state index is 0.202. The molecular formula is C28H34F2. The Balaban J connectivity index is 1.33. The summed E-state index contributed by atoms with van der Waals surface area (Å²) in [4.78, 5) is 0. The molecule has 0 aromatic heterocycles. The van der Waals surface area contributed by atoms with Crippen LogP contribution in [0.1, 0.15) is 75.8 Å². The highest BCUT2D eigenvalue weighted by Crippen LogP contribution is 2.36. The summed E-state index contributed by atoms with van der Waals surface area (Å²) in [6.45, 7) is 2.29. The van der Waals surface area contributed by atoms with Crippen LogP contribution in [0.3, 0.4) is 0 Å². The fourth-order valence-electron chi connectivity index (χ4n) is 5.32. The second kappa shape index (κ2) is 9.90. The van der Waals surface area contributed by atoms with E-state index in [1.54, 1.807) is 18.2 Å². The van der Waals surface area contributed by atoms with Crippen LogP contribution in [-0.4, -0.2) is 0 Å². The molecule has 2 heteroatoms.